The van der Waals surface area contributed by atoms with Crippen molar-refractivity contribution >= 4 is 11.9 Å². The highest BCUT2D eigenvalue weighted by Gasteiger charge is 2.38. The van der Waals surface area contributed by atoms with Gasteiger partial charge in [-0.05, 0) is 32.9 Å². The predicted molar refractivity (Wildman–Crippen MR) is 65.1 cm³/mol. The molecule has 0 aromatic heterocycles. The number of rotatable bonds is 4. The van der Waals surface area contributed by atoms with E-state index in [9.17, 15) is 0 Å². The lowest BCUT2D eigenvalue weighted by Gasteiger charge is -2.41. The van der Waals surface area contributed by atoms with Gasteiger partial charge in [-0.25, -0.2) is 4.31 Å². The summed E-state index contributed by atoms with van der Waals surface area (Å²) in [5.41, 5.74) is 0.107. The van der Waals surface area contributed by atoms with Crippen molar-refractivity contribution in [3.63, 3.8) is 0 Å². The lowest BCUT2D eigenvalue weighted by molar-refractivity contribution is -0.0445. The summed E-state index contributed by atoms with van der Waals surface area (Å²) in [6.07, 6.45) is 5.13. The molecule has 0 aromatic rings. The summed E-state index contributed by atoms with van der Waals surface area (Å²) in [4.78, 5) is 0. The summed E-state index contributed by atoms with van der Waals surface area (Å²) in [6.45, 7) is 7.48. The van der Waals surface area contributed by atoms with Gasteiger partial charge in [0.1, 0.15) is 0 Å². The van der Waals surface area contributed by atoms with Crippen molar-refractivity contribution in [1.82, 2.24) is 9.62 Å². The molecule has 15 heavy (non-hydrogen) atoms. The molecule has 3 nitrogen and oxygen atoms in total. The Morgan fingerprint density at radius 3 is 2.73 bits per heavy atom. The molecule has 1 aliphatic carbocycles. The fraction of sp³-hybridized carbons (Fsp3) is 1.00. The van der Waals surface area contributed by atoms with E-state index in [0.29, 0.717) is 6.10 Å². The van der Waals surface area contributed by atoms with Crippen LogP contribution in [0.25, 0.3) is 0 Å². The Hall–Kier alpha value is 0.230. The number of nitrogens with one attached hydrogen (secondary N) is 1. The lowest BCUT2D eigenvalue weighted by atomic mass is 9.96. The fourth-order valence-electron chi connectivity index (χ4n) is 2.07. The highest BCUT2D eigenvalue weighted by atomic mass is 32.2. The monoisotopic (exact) mass is 230 g/mol. The SMILES string of the molecule is CSN1CCO[C@@H](C(C)(C)NC2CC2)C1. The Balaban J connectivity index is 1.89. The van der Waals surface area contributed by atoms with Crippen molar-refractivity contribution < 1.29 is 4.74 Å². The van der Waals surface area contributed by atoms with E-state index in [2.05, 4.69) is 29.7 Å². The number of hydrogen-bond acceptors (Lipinski definition) is 4. The molecule has 2 rings (SSSR count). The highest BCUT2D eigenvalue weighted by Crippen LogP contribution is 2.27. The smallest absolute Gasteiger partial charge is 0.0887 e. The maximum Gasteiger partial charge on any atom is 0.0887 e. The van der Waals surface area contributed by atoms with Gasteiger partial charge < -0.3 is 10.1 Å². The molecule has 0 aromatic carbocycles. The van der Waals surface area contributed by atoms with Gasteiger partial charge in [0, 0.05) is 24.7 Å². The normalized spacial score (nSPS) is 29.4. The van der Waals surface area contributed by atoms with Gasteiger partial charge in [0.05, 0.1) is 12.7 Å². The Bertz CT molecular complexity index is 219. The lowest BCUT2D eigenvalue weighted by Crippen LogP contribution is -2.57. The van der Waals surface area contributed by atoms with Gasteiger partial charge >= 0.3 is 0 Å². The summed E-state index contributed by atoms with van der Waals surface area (Å²) >= 11 is 1.83. The molecule has 0 radical (unpaired) electrons. The minimum atomic E-state index is 0.107. The number of nitrogens with zero attached hydrogens (tertiary/aromatic N) is 1. The van der Waals surface area contributed by atoms with E-state index >= 15 is 0 Å². The van der Waals surface area contributed by atoms with Crippen LogP contribution < -0.4 is 5.32 Å². The third kappa shape index (κ3) is 3.09. The molecule has 2 fully saturated rings. The Kier molecular flexibility index (Phi) is 3.60. The van der Waals surface area contributed by atoms with E-state index in [0.717, 1.165) is 25.7 Å². The quantitative estimate of drug-likeness (QED) is 0.740. The summed E-state index contributed by atoms with van der Waals surface area (Å²) in [5, 5.41) is 3.68. The first-order valence-electron chi connectivity index (χ1n) is 5.80. The van der Waals surface area contributed by atoms with E-state index in [1.807, 2.05) is 11.9 Å². The third-order valence-corrected chi connectivity index (χ3v) is 4.09. The van der Waals surface area contributed by atoms with Crippen LogP contribution in [0, 0.1) is 0 Å². The van der Waals surface area contributed by atoms with Crippen LogP contribution in [-0.4, -0.2) is 47.9 Å². The molecule has 1 aliphatic heterocycles. The zero-order valence-electron chi connectivity index (χ0n) is 9.95. The van der Waals surface area contributed by atoms with Gasteiger partial charge in [-0.3, -0.25) is 0 Å². The van der Waals surface area contributed by atoms with Crippen LogP contribution in [0.3, 0.4) is 0 Å². The molecule has 2 aliphatic rings. The van der Waals surface area contributed by atoms with Crippen LogP contribution >= 0.6 is 11.9 Å². The summed E-state index contributed by atoms with van der Waals surface area (Å²) in [6, 6.07) is 0.744. The molecule has 1 atom stereocenters. The van der Waals surface area contributed by atoms with Crippen molar-refractivity contribution in [2.45, 2.75) is 44.4 Å². The van der Waals surface area contributed by atoms with Crippen LogP contribution in [0.15, 0.2) is 0 Å². The van der Waals surface area contributed by atoms with E-state index in [1.165, 1.54) is 12.8 Å². The Morgan fingerprint density at radius 2 is 2.13 bits per heavy atom. The van der Waals surface area contributed by atoms with Gasteiger partial charge in [0.25, 0.3) is 0 Å². The van der Waals surface area contributed by atoms with Gasteiger partial charge in [-0.1, -0.05) is 11.9 Å². The second kappa shape index (κ2) is 4.62. The molecule has 0 spiro atoms. The van der Waals surface area contributed by atoms with Crippen LogP contribution in [0.1, 0.15) is 26.7 Å². The molecule has 1 heterocycles. The molecule has 0 unspecified atom stereocenters. The minimum absolute atomic E-state index is 0.107. The van der Waals surface area contributed by atoms with E-state index < -0.39 is 0 Å². The molecule has 1 saturated heterocycles. The van der Waals surface area contributed by atoms with E-state index in [1.54, 1.807) is 0 Å². The molecular formula is C11H22N2OS. The molecule has 4 heteroatoms. The van der Waals surface area contributed by atoms with Crippen molar-refractivity contribution in [3.8, 4) is 0 Å². The molecule has 88 valence electrons. The van der Waals surface area contributed by atoms with Gasteiger partial charge in [0.15, 0.2) is 0 Å². The molecular weight excluding hydrogens is 208 g/mol. The molecule has 1 N–H and O–H groups in total. The van der Waals surface area contributed by atoms with Crippen LogP contribution in [0.4, 0.5) is 0 Å². The summed E-state index contributed by atoms with van der Waals surface area (Å²) in [5.74, 6) is 0. The fourth-order valence-corrected chi connectivity index (χ4v) is 2.62. The molecule has 1 saturated carbocycles. The van der Waals surface area contributed by atoms with E-state index in [-0.39, 0.29) is 5.54 Å². The highest BCUT2D eigenvalue weighted by molar-refractivity contribution is 7.96. The van der Waals surface area contributed by atoms with Crippen molar-refractivity contribution in [2.75, 3.05) is 26.0 Å². The summed E-state index contributed by atoms with van der Waals surface area (Å²) < 4.78 is 8.28. The predicted octanol–water partition coefficient (Wildman–Crippen LogP) is 1.50. The van der Waals surface area contributed by atoms with Crippen LogP contribution in [-0.2, 0) is 4.74 Å². The molecule has 0 bridgehead atoms. The zero-order valence-corrected chi connectivity index (χ0v) is 10.8. The van der Waals surface area contributed by atoms with Crippen molar-refractivity contribution in [1.29, 1.82) is 0 Å². The summed E-state index contributed by atoms with van der Waals surface area (Å²) in [7, 11) is 0. The van der Waals surface area contributed by atoms with Crippen LogP contribution in [0.2, 0.25) is 0 Å². The minimum Gasteiger partial charge on any atom is -0.374 e. The first kappa shape index (κ1) is 11.7. The first-order chi connectivity index (χ1) is 7.12. The average molecular weight is 230 g/mol. The van der Waals surface area contributed by atoms with Gasteiger partial charge in [-0.15, -0.1) is 0 Å². The molecule has 0 amide bonds. The van der Waals surface area contributed by atoms with Gasteiger partial charge in [-0.2, -0.15) is 0 Å². The third-order valence-electron chi connectivity index (χ3n) is 3.25. The maximum absolute atomic E-state index is 5.89. The van der Waals surface area contributed by atoms with E-state index in [4.69, 9.17) is 4.74 Å². The first-order valence-corrected chi connectivity index (χ1v) is 6.98. The van der Waals surface area contributed by atoms with Gasteiger partial charge in [0.2, 0.25) is 0 Å². The Morgan fingerprint density at radius 1 is 1.40 bits per heavy atom. The topological polar surface area (TPSA) is 24.5 Å². The largest absolute Gasteiger partial charge is 0.374 e. The number of morpholine rings is 1. The maximum atomic E-state index is 5.89. The van der Waals surface area contributed by atoms with Crippen LogP contribution in [0.5, 0.6) is 0 Å². The standard InChI is InChI=1S/C11H22N2OS/c1-11(2,12-9-4-5-9)10-8-13(15-3)6-7-14-10/h9-10,12H,4-8H2,1-3H3/t10-/m1/s1. The van der Waals surface area contributed by atoms with Crippen molar-refractivity contribution in [2.24, 2.45) is 0 Å². The second-order valence-electron chi connectivity index (χ2n) is 5.07. The zero-order chi connectivity index (χ0) is 10.9. The second-order valence-corrected chi connectivity index (χ2v) is 5.95. The number of hydrogen-bond donors (Lipinski definition) is 1. The average Bonchev–Trinajstić information content (AvgIpc) is 3.01. The Labute approximate surface area is 97.1 Å². The van der Waals surface area contributed by atoms with Crippen molar-refractivity contribution in [3.05, 3.63) is 0 Å². The number of ether oxygens (including phenoxy) is 1.